The van der Waals surface area contributed by atoms with Gasteiger partial charge in [0.1, 0.15) is 0 Å². The summed E-state index contributed by atoms with van der Waals surface area (Å²) >= 11 is 0. The molecule has 12 fully saturated rings. The molecule has 4 heteroatoms. The second kappa shape index (κ2) is 33.1. The Morgan fingerprint density at radius 2 is 0.227 bits per heavy atom. The normalized spacial score (nSPS) is 45.1. The van der Waals surface area contributed by atoms with Gasteiger partial charge in [-0.1, -0.05) is 78.0 Å². The molecule has 0 aromatic rings. The van der Waals surface area contributed by atoms with Crippen LogP contribution in [-0.2, 0) is 0 Å². The third kappa shape index (κ3) is 18.1. The Hall–Kier alpha value is -0.940. The number of hydrogen-bond donors (Lipinski definition) is 0. The van der Waals surface area contributed by atoms with Crippen LogP contribution in [0, 0.1) is 71.0 Å². The SMILES string of the molecule is CC1CCC(N(C2CCC(C)CC2)C2CCC(/C=C/C3CCC(N(C4CCC(/C=C/C5CCC(N(C6CCC(C)CC6)C6CCC(C)CC6)CC5)CC4)C4CCC(/C=C/C5CCC(N(C6CCC(C)CC6)C6CCC(C)CC6)CC5)CC4)CC3)CC2)CC1. The molecule has 12 saturated carbocycles. The summed E-state index contributed by atoms with van der Waals surface area (Å²) in [5.41, 5.74) is 0. The molecule has 0 heterocycles. The van der Waals surface area contributed by atoms with Crippen molar-refractivity contribution in [1.82, 2.24) is 19.6 Å². The quantitative estimate of drug-likeness (QED) is 0.127. The maximum absolute atomic E-state index is 3.31. The molecule has 0 aromatic carbocycles. The van der Waals surface area contributed by atoms with Gasteiger partial charge >= 0.3 is 0 Å². The van der Waals surface area contributed by atoms with E-state index >= 15 is 0 Å². The summed E-state index contributed by atoms with van der Waals surface area (Å²) in [6.07, 6.45) is 87.0. The molecular formula is C84H144N4. The minimum absolute atomic E-state index is 0.818. The molecule has 0 N–H and O–H groups in total. The zero-order valence-electron chi connectivity index (χ0n) is 59.1. The van der Waals surface area contributed by atoms with Gasteiger partial charge in [-0.05, 0) is 379 Å². The molecule has 500 valence electrons. The van der Waals surface area contributed by atoms with E-state index in [9.17, 15) is 0 Å². The summed E-state index contributed by atoms with van der Waals surface area (Å²) < 4.78 is 0. The van der Waals surface area contributed by atoms with E-state index in [0.717, 1.165) is 144 Å². The first-order valence-corrected chi connectivity index (χ1v) is 41.2. The van der Waals surface area contributed by atoms with Gasteiger partial charge in [0.15, 0.2) is 0 Å². The highest BCUT2D eigenvalue weighted by Crippen LogP contribution is 2.46. The molecule has 0 saturated heterocycles. The molecule has 0 radical (unpaired) electrons. The van der Waals surface area contributed by atoms with Gasteiger partial charge in [-0.15, -0.1) is 0 Å². The van der Waals surface area contributed by atoms with E-state index in [1.165, 1.54) is 308 Å². The number of allylic oxidation sites excluding steroid dienone is 6. The van der Waals surface area contributed by atoms with E-state index in [1.54, 1.807) is 0 Å². The topological polar surface area (TPSA) is 13.0 Å². The van der Waals surface area contributed by atoms with Crippen LogP contribution in [0.15, 0.2) is 36.5 Å². The maximum atomic E-state index is 3.31. The van der Waals surface area contributed by atoms with Crippen molar-refractivity contribution in [2.24, 2.45) is 71.0 Å². The molecule has 12 rings (SSSR count). The van der Waals surface area contributed by atoms with Crippen LogP contribution in [0.1, 0.15) is 350 Å². The van der Waals surface area contributed by atoms with Crippen molar-refractivity contribution >= 4 is 0 Å². The molecule has 12 aliphatic rings. The Morgan fingerprint density at radius 3 is 0.330 bits per heavy atom. The number of hydrogen-bond acceptors (Lipinski definition) is 4. The fourth-order valence-corrected chi connectivity index (χ4v) is 23.3. The molecular weight excluding hydrogens is 1060 g/mol. The van der Waals surface area contributed by atoms with Gasteiger partial charge in [0.25, 0.3) is 0 Å². The van der Waals surface area contributed by atoms with E-state index < -0.39 is 0 Å². The predicted octanol–water partition coefficient (Wildman–Crippen LogP) is 22.7. The van der Waals surface area contributed by atoms with Crippen LogP contribution in [0.2, 0.25) is 0 Å². The summed E-state index contributed by atoms with van der Waals surface area (Å²) in [5.74, 6) is 10.6. The Kier molecular flexibility index (Phi) is 25.3. The third-order valence-corrected chi connectivity index (χ3v) is 29.4. The average molecular weight is 1210 g/mol. The third-order valence-electron chi connectivity index (χ3n) is 29.4. The van der Waals surface area contributed by atoms with Crippen molar-refractivity contribution in [3.8, 4) is 0 Å². The van der Waals surface area contributed by atoms with E-state index in [4.69, 9.17) is 0 Å². The molecule has 0 amide bonds. The summed E-state index contributed by atoms with van der Waals surface area (Å²) in [7, 11) is 0. The number of nitrogens with zero attached hydrogens (tertiary/aromatic N) is 4. The second-order valence-electron chi connectivity index (χ2n) is 35.8. The minimum atomic E-state index is 0.818. The van der Waals surface area contributed by atoms with E-state index in [2.05, 4.69) is 97.6 Å². The molecule has 0 aromatic heterocycles. The smallest absolute Gasteiger partial charge is 0.0102 e. The zero-order chi connectivity index (χ0) is 60.3. The van der Waals surface area contributed by atoms with Crippen LogP contribution >= 0.6 is 0 Å². The van der Waals surface area contributed by atoms with Crippen molar-refractivity contribution in [3.05, 3.63) is 36.5 Å². The predicted molar refractivity (Wildman–Crippen MR) is 378 cm³/mol. The summed E-state index contributed by atoms with van der Waals surface area (Å²) in [4.78, 5) is 12.9. The summed E-state index contributed by atoms with van der Waals surface area (Å²) in [6, 6.07) is 10.3. The van der Waals surface area contributed by atoms with Crippen molar-refractivity contribution in [2.45, 2.75) is 422 Å². The molecule has 12 aliphatic carbocycles. The lowest BCUT2D eigenvalue weighted by Crippen LogP contribution is -2.52. The first kappa shape index (κ1) is 67.1. The maximum Gasteiger partial charge on any atom is 0.0102 e. The van der Waals surface area contributed by atoms with Crippen LogP contribution < -0.4 is 0 Å². The lowest BCUT2D eigenvalue weighted by atomic mass is 9.76. The lowest BCUT2D eigenvalue weighted by molar-refractivity contribution is 0.00764. The zero-order valence-corrected chi connectivity index (χ0v) is 59.1. The standard InChI is InChI=1S/C84H144N4/c1-61-7-37-73(38-8-61)85(74-39-9-62(2)10-40-74)79-49-25-67(26-50-79)19-22-70-31-55-82(56-32-70)88(83-57-33-71(34-58-83)23-20-68-27-51-80(52-28-68)86(75-41-11-63(3)12-42-75)76-43-13-64(4)14-44-76)84-59-35-72(36-60-84)24-21-69-29-53-81(54-30-69)87(77-45-15-65(5)16-46-77)78-47-17-66(6)18-48-78/h19-24,61-84H,7-18,25-60H2,1-6H3/b22-19+,23-20+,24-21+. The molecule has 0 unspecified atom stereocenters. The second-order valence-corrected chi connectivity index (χ2v) is 35.8. The van der Waals surface area contributed by atoms with Crippen LogP contribution in [0.3, 0.4) is 0 Å². The molecule has 0 bridgehead atoms. The first-order valence-electron chi connectivity index (χ1n) is 41.2. The Morgan fingerprint density at radius 1 is 0.136 bits per heavy atom. The highest BCUT2D eigenvalue weighted by atomic mass is 15.2. The van der Waals surface area contributed by atoms with Gasteiger partial charge in [-0.3, -0.25) is 19.6 Å². The van der Waals surface area contributed by atoms with Crippen LogP contribution in [0.25, 0.3) is 0 Å². The van der Waals surface area contributed by atoms with Crippen molar-refractivity contribution < 1.29 is 0 Å². The van der Waals surface area contributed by atoms with Gasteiger partial charge in [-0.2, -0.15) is 0 Å². The molecule has 0 aliphatic heterocycles. The lowest BCUT2D eigenvalue weighted by Gasteiger charge is -2.49. The fourth-order valence-electron chi connectivity index (χ4n) is 23.3. The van der Waals surface area contributed by atoms with Crippen molar-refractivity contribution in [3.63, 3.8) is 0 Å². The van der Waals surface area contributed by atoms with Gasteiger partial charge in [0.2, 0.25) is 0 Å². The van der Waals surface area contributed by atoms with Gasteiger partial charge in [0.05, 0.1) is 0 Å². The highest BCUT2D eigenvalue weighted by Gasteiger charge is 2.43. The highest BCUT2D eigenvalue weighted by molar-refractivity contribution is 5.06. The molecule has 88 heavy (non-hydrogen) atoms. The molecule has 0 spiro atoms. The van der Waals surface area contributed by atoms with Gasteiger partial charge < -0.3 is 0 Å². The number of rotatable bonds is 18. The van der Waals surface area contributed by atoms with E-state index in [1.807, 2.05) is 0 Å². The molecule has 0 atom stereocenters. The van der Waals surface area contributed by atoms with E-state index in [-0.39, 0.29) is 0 Å². The minimum Gasteiger partial charge on any atom is -0.294 e. The van der Waals surface area contributed by atoms with Crippen LogP contribution in [-0.4, -0.2) is 92.1 Å². The van der Waals surface area contributed by atoms with Crippen molar-refractivity contribution in [1.29, 1.82) is 0 Å². The average Bonchev–Trinajstić information content (AvgIpc) is 1.89. The van der Waals surface area contributed by atoms with Gasteiger partial charge in [-0.25, -0.2) is 0 Å². The van der Waals surface area contributed by atoms with Crippen LogP contribution in [0.5, 0.6) is 0 Å². The van der Waals surface area contributed by atoms with Gasteiger partial charge in [0, 0.05) is 72.5 Å². The first-order chi connectivity index (χ1) is 43.0. The van der Waals surface area contributed by atoms with Crippen molar-refractivity contribution in [2.75, 3.05) is 0 Å². The Bertz CT molecular complexity index is 1730. The Labute approximate surface area is 546 Å². The monoisotopic (exact) mass is 1210 g/mol. The molecule has 4 nitrogen and oxygen atoms in total. The van der Waals surface area contributed by atoms with E-state index in [0.29, 0.717) is 0 Å². The largest absolute Gasteiger partial charge is 0.294 e. The fraction of sp³-hybridized carbons (Fsp3) is 0.929. The Balaban J connectivity index is 0.638. The van der Waals surface area contributed by atoms with Crippen LogP contribution in [0.4, 0.5) is 0 Å². The summed E-state index contributed by atoms with van der Waals surface area (Å²) in [5, 5.41) is 0. The summed E-state index contributed by atoms with van der Waals surface area (Å²) in [6.45, 7) is 15.1.